The van der Waals surface area contributed by atoms with Crippen molar-refractivity contribution in [3.05, 3.63) is 28.2 Å². The standard InChI is InChI=1S/C18H29BrN2O2.ClH/c1-15(2)17-14-16(19)4-5-18(17)23-13-12-22-11-10-21-8-6-20(3)7-9-21;/h4-5,14-15H,6-13H2,1-3H3;1H. The molecule has 1 fully saturated rings. The van der Waals surface area contributed by atoms with Gasteiger partial charge < -0.3 is 14.4 Å². The first kappa shape index (κ1) is 21.7. The fourth-order valence-electron chi connectivity index (χ4n) is 2.68. The lowest BCUT2D eigenvalue weighted by atomic mass is 10.0. The molecular formula is C18H30BrClN2O2. The third-order valence-corrected chi connectivity index (χ3v) is 4.72. The summed E-state index contributed by atoms with van der Waals surface area (Å²) < 4.78 is 12.7. The summed E-state index contributed by atoms with van der Waals surface area (Å²) in [6, 6.07) is 6.19. The van der Waals surface area contributed by atoms with Crippen LogP contribution >= 0.6 is 28.3 Å². The predicted octanol–water partition coefficient (Wildman–Crippen LogP) is 3.64. The van der Waals surface area contributed by atoms with E-state index in [4.69, 9.17) is 9.47 Å². The van der Waals surface area contributed by atoms with E-state index in [2.05, 4.69) is 52.7 Å². The quantitative estimate of drug-likeness (QED) is 0.598. The monoisotopic (exact) mass is 420 g/mol. The van der Waals surface area contributed by atoms with Gasteiger partial charge in [0.25, 0.3) is 0 Å². The molecule has 1 aliphatic heterocycles. The fourth-order valence-corrected chi connectivity index (χ4v) is 3.06. The Morgan fingerprint density at radius 3 is 2.46 bits per heavy atom. The van der Waals surface area contributed by atoms with Gasteiger partial charge in [0.1, 0.15) is 12.4 Å². The molecule has 1 aromatic carbocycles. The van der Waals surface area contributed by atoms with Gasteiger partial charge in [0, 0.05) is 37.2 Å². The minimum absolute atomic E-state index is 0. The summed E-state index contributed by atoms with van der Waals surface area (Å²) in [6.07, 6.45) is 0. The highest BCUT2D eigenvalue weighted by Gasteiger charge is 2.13. The molecule has 0 spiro atoms. The molecule has 1 aliphatic rings. The zero-order chi connectivity index (χ0) is 16.7. The molecule has 0 aromatic heterocycles. The van der Waals surface area contributed by atoms with Gasteiger partial charge in [0.05, 0.1) is 13.2 Å². The summed E-state index contributed by atoms with van der Waals surface area (Å²) in [6.45, 7) is 12.0. The van der Waals surface area contributed by atoms with Gasteiger partial charge >= 0.3 is 0 Å². The highest BCUT2D eigenvalue weighted by molar-refractivity contribution is 9.10. The summed E-state index contributed by atoms with van der Waals surface area (Å²) in [5.74, 6) is 1.41. The van der Waals surface area contributed by atoms with Crippen molar-refractivity contribution in [1.82, 2.24) is 9.80 Å². The highest BCUT2D eigenvalue weighted by atomic mass is 79.9. The largest absolute Gasteiger partial charge is 0.491 e. The normalized spacial score (nSPS) is 16.2. The van der Waals surface area contributed by atoms with E-state index in [1.807, 2.05) is 12.1 Å². The zero-order valence-corrected chi connectivity index (χ0v) is 17.4. The van der Waals surface area contributed by atoms with Crippen LogP contribution in [-0.4, -0.2) is 69.4 Å². The van der Waals surface area contributed by atoms with Gasteiger partial charge in [-0.2, -0.15) is 0 Å². The maximum atomic E-state index is 5.89. The average Bonchev–Trinajstić information content (AvgIpc) is 2.53. The van der Waals surface area contributed by atoms with E-state index in [-0.39, 0.29) is 12.4 Å². The van der Waals surface area contributed by atoms with Crippen molar-refractivity contribution in [3.8, 4) is 5.75 Å². The molecule has 138 valence electrons. The number of rotatable bonds is 8. The Hall–Kier alpha value is -0.330. The fraction of sp³-hybridized carbons (Fsp3) is 0.667. The van der Waals surface area contributed by atoms with Gasteiger partial charge in [-0.05, 0) is 36.7 Å². The highest BCUT2D eigenvalue weighted by Crippen LogP contribution is 2.29. The van der Waals surface area contributed by atoms with E-state index in [1.54, 1.807) is 0 Å². The second-order valence-corrected chi connectivity index (χ2v) is 7.36. The van der Waals surface area contributed by atoms with Gasteiger partial charge in [0.15, 0.2) is 0 Å². The van der Waals surface area contributed by atoms with E-state index >= 15 is 0 Å². The van der Waals surface area contributed by atoms with Crippen molar-refractivity contribution in [3.63, 3.8) is 0 Å². The van der Waals surface area contributed by atoms with Crippen LogP contribution in [0.4, 0.5) is 0 Å². The second kappa shape index (κ2) is 11.3. The van der Waals surface area contributed by atoms with E-state index in [0.29, 0.717) is 19.1 Å². The van der Waals surface area contributed by atoms with Crippen LogP contribution in [0.25, 0.3) is 0 Å². The Balaban J connectivity index is 0.00000288. The van der Waals surface area contributed by atoms with Crippen molar-refractivity contribution >= 4 is 28.3 Å². The Morgan fingerprint density at radius 2 is 1.79 bits per heavy atom. The van der Waals surface area contributed by atoms with Crippen LogP contribution < -0.4 is 4.74 Å². The average molecular weight is 422 g/mol. The third-order valence-electron chi connectivity index (χ3n) is 4.23. The number of likely N-dealkylation sites (N-methyl/N-ethyl adjacent to an activating group) is 1. The Morgan fingerprint density at radius 1 is 1.08 bits per heavy atom. The molecule has 0 N–H and O–H groups in total. The van der Waals surface area contributed by atoms with Crippen LogP contribution in [-0.2, 0) is 4.74 Å². The van der Waals surface area contributed by atoms with Gasteiger partial charge in [0.2, 0.25) is 0 Å². The van der Waals surface area contributed by atoms with E-state index < -0.39 is 0 Å². The minimum Gasteiger partial charge on any atom is -0.491 e. The third kappa shape index (κ3) is 7.28. The van der Waals surface area contributed by atoms with Gasteiger partial charge in [-0.3, -0.25) is 4.90 Å². The van der Waals surface area contributed by atoms with Crippen LogP contribution in [0.3, 0.4) is 0 Å². The summed E-state index contributed by atoms with van der Waals surface area (Å²) >= 11 is 3.52. The van der Waals surface area contributed by atoms with Crippen LogP contribution in [0, 0.1) is 0 Å². The molecule has 0 bridgehead atoms. The van der Waals surface area contributed by atoms with Crippen molar-refractivity contribution in [2.45, 2.75) is 19.8 Å². The molecule has 1 heterocycles. The molecule has 0 aliphatic carbocycles. The first-order valence-electron chi connectivity index (χ1n) is 8.47. The smallest absolute Gasteiger partial charge is 0.122 e. The lowest BCUT2D eigenvalue weighted by Gasteiger charge is -2.32. The van der Waals surface area contributed by atoms with Gasteiger partial charge in [-0.1, -0.05) is 29.8 Å². The van der Waals surface area contributed by atoms with Crippen molar-refractivity contribution in [2.24, 2.45) is 0 Å². The molecule has 2 rings (SSSR count). The lowest BCUT2D eigenvalue weighted by Crippen LogP contribution is -2.45. The molecule has 6 heteroatoms. The summed E-state index contributed by atoms with van der Waals surface area (Å²) in [7, 11) is 2.18. The molecular weight excluding hydrogens is 392 g/mol. The Kier molecular flexibility index (Phi) is 10.2. The Labute approximate surface area is 161 Å². The number of nitrogens with zero attached hydrogens (tertiary/aromatic N) is 2. The number of piperazine rings is 1. The van der Waals surface area contributed by atoms with Crippen molar-refractivity contribution in [1.29, 1.82) is 0 Å². The lowest BCUT2D eigenvalue weighted by molar-refractivity contribution is 0.0656. The molecule has 0 atom stereocenters. The van der Waals surface area contributed by atoms with Gasteiger partial charge in [-0.25, -0.2) is 0 Å². The number of halogens is 2. The van der Waals surface area contributed by atoms with Crippen LogP contribution in [0.2, 0.25) is 0 Å². The molecule has 0 radical (unpaired) electrons. The topological polar surface area (TPSA) is 24.9 Å². The first-order chi connectivity index (χ1) is 11.1. The first-order valence-corrected chi connectivity index (χ1v) is 9.26. The number of hydrogen-bond acceptors (Lipinski definition) is 4. The van der Waals surface area contributed by atoms with Crippen LogP contribution in [0.5, 0.6) is 5.75 Å². The SMILES string of the molecule is CC(C)c1cc(Br)ccc1OCCOCCN1CCN(C)CC1.Cl. The van der Waals surface area contributed by atoms with E-state index in [9.17, 15) is 0 Å². The maximum absolute atomic E-state index is 5.89. The van der Waals surface area contributed by atoms with E-state index in [1.165, 1.54) is 5.56 Å². The van der Waals surface area contributed by atoms with Crippen molar-refractivity contribution < 1.29 is 9.47 Å². The zero-order valence-electron chi connectivity index (χ0n) is 15.0. The molecule has 0 unspecified atom stereocenters. The number of benzene rings is 1. The van der Waals surface area contributed by atoms with Gasteiger partial charge in [-0.15, -0.1) is 12.4 Å². The van der Waals surface area contributed by atoms with E-state index in [0.717, 1.165) is 49.6 Å². The molecule has 0 saturated carbocycles. The summed E-state index contributed by atoms with van der Waals surface area (Å²) in [5.41, 5.74) is 1.23. The number of ether oxygens (including phenoxy) is 2. The molecule has 1 aromatic rings. The number of hydrogen-bond donors (Lipinski definition) is 0. The Bertz CT molecular complexity index is 480. The predicted molar refractivity (Wildman–Crippen MR) is 106 cm³/mol. The molecule has 1 saturated heterocycles. The molecule has 0 amide bonds. The minimum atomic E-state index is 0. The van der Waals surface area contributed by atoms with Crippen LogP contribution in [0.1, 0.15) is 25.3 Å². The summed E-state index contributed by atoms with van der Waals surface area (Å²) in [4.78, 5) is 4.84. The molecule has 24 heavy (non-hydrogen) atoms. The maximum Gasteiger partial charge on any atom is 0.122 e. The second-order valence-electron chi connectivity index (χ2n) is 6.44. The summed E-state index contributed by atoms with van der Waals surface area (Å²) in [5, 5.41) is 0. The molecule has 4 nitrogen and oxygen atoms in total. The van der Waals surface area contributed by atoms with Crippen molar-refractivity contribution in [2.75, 3.05) is 59.6 Å². The van der Waals surface area contributed by atoms with Crippen LogP contribution in [0.15, 0.2) is 22.7 Å².